The summed E-state index contributed by atoms with van der Waals surface area (Å²) in [5, 5.41) is 10.8. The van der Waals surface area contributed by atoms with Crippen molar-refractivity contribution in [3.8, 4) is 0 Å². The lowest BCUT2D eigenvalue weighted by molar-refractivity contribution is 0.0696. The molecule has 0 saturated carbocycles. The predicted molar refractivity (Wildman–Crippen MR) is 72.7 cm³/mol. The molecule has 0 radical (unpaired) electrons. The summed E-state index contributed by atoms with van der Waals surface area (Å²) in [6.45, 7) is 0. The maximum atomic E-state index is 13.7. The number of carboxylic acid groups (broad SMARTS) is 1. The molecule has 2 N–H and O–H groups in total. The maximum absolute atomic E-state index is 13.7. The fourth-order valence-electron chi connectivity index (χ4n) is 1.61. The Morgan fingerprint density at radius 2 is 1.81 bits per heavy atom. The molecule has 7 heteroatoms. The summed E-state index contributed by atoms with van der Waals surface area (Å²) < 4.78 is 26.6. The third-order valence-corrected chi connectivity index (χ3v) is 2.95. The fourth-order valence-corrected chi connectivity index (χ4v) is 1.87. The van der Waals surface area contributed by atoms with Crippen LogP contribution in [0.3, 0.4) is 0 Å². The van der Waals surface area contributed by atoms with E-state index in [4.69, 9.17) is 16.7 Å². The fraction of sp³-hybridized carbons (Fsp3) is 0. The highest BCUT2D eigenvalue weighted by Crippen LogP contribution is 2.21. The minimum Gasteiger partial charge on any atom is -0.478 e. The van der Waals surface area contributed by atoms with E-state index in [1.165, 1.54) is 0 Å². The van der Waals surface area contributed by atoms with Crippen LogP contribution in [0.25, 0.3) is 0 Å². The second-order valence-corrected chi connectivity index (χ2v) is 4.49. The van der Waals surface area contributed by atoms with Gasteiger partial charge in [-0.1, -0.05) is 11.6 Å². The summed E-state index contributed by atoms with van der Waals surface area (Å²) in [4.78, 5) is 22.6. The highest BCUT2D eigenvalue weighted by atomic mass is 35.5. The van der Waals surface area contributed by atoms with Gasteiger partial charge in [0.05, 0.1) is 21.8 Å². The van der Waals surface area contributed by atoms with Gasteiger partial charge in [0.25, 0.3) is 5.91 Å². The number of rotatable bonds is 3. The van der Waals surface area contributed by atoms with Crippen molar-refractivity contribution in [2.75, 3.05) is 5.32 Å². The Balaban J connectivity index is 2.25. The Morgan fingerprint density at radius 1 is 1.10 bits per heavy atom. The van der Waals surface area contributed by atoms with Crippen LogP contribution >= 0.6 is 11.6 Å². The third-order valence-electron chi connectivity index (χ3n) is 2.64. The first-order chi connectivity index (χ1) is 9.88. The number of benzene rings is 2. The van der Waals surface area contributed by atoms with E-state index in [0.717, 1.165) is 36.4 Å². The zero-order chi connectivity index (χ0) is 15.6. The standard InChI is InChI=1S/C14H8ClF2NO3/c15-10-6-8(16)2-3-9(10)13(19)18-12-4-1-7(14(20)21)5-11(12)17/h1-6H,(H,18,19)(H,20,21). The number of hydrogen-bond acceptors (Lipinski definition) is 2. The lowest BCUT2D eigenvalue weighted by Gasteiger charge is -2.08. The average molecular weight is 312 g/mol. The molecular weight excluding hydrogens is 304 g/mol. The molecule has 108 valence electrons. The van der Waals surface area contributed by atoms with E-state index in [9.17, 15) is 18.4 Å². The lowest BCUT2D eigenvalue weighted by Crippen LogP contribution is -2.14. The van der Waals surface area contributed by atoms with Crippen LogP contribution in [0.1, 0.15) is 20.7 Å². The molecule has 0 aromatic heterocycles. The summed E-state index contributed by atoms with van der Waals surface area (Å²) in [6, 6.07) is 6.22. The van der Waals surface area contributed by atoms with Gasteiger partial charge in [0, 0.05) is 0 Å². The molecule has 0 aliphatic carbocycles. The number of halogens is 3. The van der Waals surface area contributed by atoms with Crippen molar-refractivity contribution in [2.24, 2.45) is 0 Å². The summed E-state index contributed by atoms with van der Waals surface area (Å²) in [6.07, 6.45) is 0. The summed E-state index contributed by atoms with van der Waals surface area (Å²) in [5.41, 5.74) is -0.476. The molecule has 1 amide bonds. The molecule has 0 aliphatic rings. The van der Waals surface area contributed by atoms with E-state index in [0.29, 0.717) is 0 Å². The quantitative estimate of drug-likeness (QED) is 0.910. The van der Waals surface area contributed by atoms with E-state index < -0.39 is 23.5 Å². The molecule has 0 spiro atoms. The molecule has 0 fully saturated rings. The molecule has 2 aromatic carbocycles. The highest BCUT2D eigenvalue weighted by Gasteiger charge is 2.14. The van der Waals surface area contributed by atoms with Crippen LogP contribution in [0.4, 0.5) is 14.5 Å². The summed E-state index contributed by atoms with van der Waals surface area (Å²) in [7, 11) is 0. The van der Waals surface area contributed by atoms with Crippen molar-refractivity contribution in [1.29, 1.82) is 0 Å². The molecule has 4 nitrogen and oxygen atoms in total. The number of carboxylic acids is 1. The van der Waals surface area contributed by atoms with Gasteiger partial charge in [0.1, 0.15) is 11.6 Å². The monoisotopic (exact) mass is 311 g/mol. The molecule has 0 bridgehead atoms. The molecule has 0 heterocycles. The van der Waals surface area contributed by atoms with E-state index in [2.05, 4.69) is 5.32 Å². The molecule has 0 unspecified atom stereocenters. The molecule has 0 aliphatic heterocycles. The second kappa shape index (κ2) is 5.88. The normalized spacial score (nSPS) is 10.2. The van der Waals surface area contributed by atoms with Gasteiger partial charge >= 0.3 is 5.97 Å². The smallest absolute Gasteiger partial charge is 0.335 e. The number of amides is 1. The molecule has 2 aromatic rings. The Kier molecular flexibility index (Phi) is 4.18. The van der Waals surface area contributed by atoms with E-state index in [1.807, 2.05) is 0 Å². The molecule has 0 atom stereocenters. The number of nitrogens with one attached hydrogen (secondary N) is 1. The van der Waals surface area contributed by atoms with Crippen molar-refractivity contribution in [3.63, 3.8) is 0 Å². The lowest BCUT2D eigenvalue weighted by atomic mass is 10.1. The Bertz CT molecular complexity index is 734. The van der Waals surface area contributed by atoms with Gasteiger partial charge in [-0.05, 0) is 36.4 Å². The Hall–Kier alpha value is -2.47. The third kappa shape index (κ3) is 3.35. The van der Waals surface area contributed by atoms with Crippen molar-refractivity contribution in [2.45, 2.75) is 0 Å². The van der Waals surface area contributed by atoms with Crippen LogP contribution in [0.2, 0.25) is 5.02 Å². The van der Waals surface area contributed by atoms with Gasteiger partial charge in [-0.3, -0.25) is 4.79 Å². The number of aromatic carboxylic acids is 1. The van der Waals surface area contributed by atoms with E-state index >= 15 is 0 Å². The minimum absolute atomic E-state index is 0.0280. The van der Waals surface area contributed by atoms with Crippen LogP contribution < -0.4 is 5.32 Å². The van der Waals surface area contributed by atoms with Crippen molar-refractivity contribution in [3.05, 3.63) is 64.2 Å². The predicted octanol–water partition coefficient (Wildman–Crippen LogP) is 3.57. The molecule has 2 rings (SSSR count). The second-order valence-electron chi connectivity index (χ2n) is 4.08. The van der Waals surface area contributed by atoms with Gasteiger partial charge in [0.2, 0.25) is 0 Å². The Labute approximate surface area is 123 Å². The summed E-state index contributed by atoms with van der Waals surface area (Å²) >= 11 is 5.72. The van der Waals surface area contributed by atoms with Gasteiger partial charge < -0.3 is 10.4 Å². The van der Waals surface area contributed by atoms with Crippen molar-refractivity contribution >= 4 is 29.2 Å². The molecular formula is C14H8ClF2NO3. The van der Waals surface area contributed by atoms with Crippen molar-refractivity contribution in [1.82, 2.24) is 0 Å². The van der Waals surface area contributed by atoms with Crippen LogP contribution in [-0.2, 0) is 0 Å². The van der Waals surface area contributed by atoms with Crippen LogP contribution in [0, 0.1) is 11.6 Å². The van der Waals surface area contributed by atoms with Crippen molar-refractivity contribution < 1.29 is 23.5 Å². The van der Waals surface area contributed by atoms with Crippen LogP contribution in [0.15, 0.2) is 36.4 Å². The number of hydrogen-bond donors (Lipinski definition) is 2. The number of carbonyl (C=O) groups is 2. The SMILES string of the molecule is O=C(O)c1ccc(NC(=O)c2ccc(F)cc2Cl)c(F)c1. The van der Waals surface area contributed by atoms with Gasteiger partial charge in [0.15, 0.2) is 0 Å². The number of anilines is 1. The zero-order valence-corrected chi connectivity index (χ0v) is 11.1. The number of carbonyl (C=O) groups excluding carboxylic acids is 1. The maximum Gasteiger partial charge on any atom is 0.335 e. The summed E-state index contributed by atoms with van der Waals surface area (Å²) in [5.74, 6) is -3.52. The minimum atomic E-state index is -1.28. The van der Waals surface area contributed by atoms with Crippen LogP contribution in [0.5, 0.6) is 0 Å². The van der Waals surface area contributed by atoms with E-state index in [1.54, 1.807) is 0 Å². The molecule has 21 heavy (non-hydrogen) atoms. The molecule has 0 saturated heterocycles. The van der Waals surface area contributed by atoms with Gasteiger partial charge in [-0.15, -0.1) is 0 Å². The average Bonchev–Trinajstić information content (AvgIpc) is 2.40. The first kappa shape index (κ1) is 14.9. The Morgan fingerprint density at radius 3 is 2.38 bits per heavy atom. The van der Waals surface area contributed by atoms with Crippen LogP contribution in [-0.4, -0.2) is 17.0 Å². The zero-order valence-electron chi connectivity index (χ0n) is 10.4. The van der Waals surface area contributed by atoms with E-state index in [-0.39, 0.29) is 21.8 Å². The largest absolute Gasteiger partial charge is 0.478 e. The van der Waals surface area contributed by atoms with Gasteiger partial charge in [-0.25, -0.2) is 13.6 Å². The van der Waals surface area contributed by atoms with Gasteiger partial charge in [-0.2, -0.15) is 0 Å². The first-order valence-electron chi connectivity index (χ1n) is 5.67. The topological polar surface area (TPSA) is 66.4 Å². The first-order valence-corrected chi connectivity index (χ1v) is 6.05. The highest BCUT2D eigenvalue weighted by molar-refractivity contribution is 6.34.